The summed E-state index contributed by atoms with van der Waals surface area (Å²) in [4.78, 5) is 0. The lowest BCUT2D eigenvalue weighted by molar-refractivity contribution is 0.146. The molecule has 7 heteroatoms. The molecule has 1 heterocycles. The Morgan fingerprint density at radius 1 is 1.36 bits per heavy atom. The van der Waals surface area contributed by atoms with Crippen LogP contribution in [-0.2, 0) is 11.3 Å². The zero-order valence-corrected chi connectivity index (χ0v) is 15.8. The molecule has 25 heavy (non-hydrogen) atoms. The van der Waals surface area contributed by atoms with Crippen LogP contribution in [0.5, 0.6) is 0 Å². The number of nitrogens with zero attached hydrogens (tertiary/aromatic N) is 2. The number of aryl methyl sites for hydroxylation is 1. The molecule has 0 aliphatic rings. The number of anilines is 1. The van der Waals surface area contributed by atoms with Crippen LogP contribution in [0.25, 0.3) is 0 Å². The summed E-state index contributed by atoms with van der Waals surface area (Å²) in [6, 6.07) is 6.55. The molecule has 2 N–H and O–H groups in total. The van der Waals surface area contributed by atoms with E-state index in [2.05, 4.69) is 15.7 Å². The number of ether oxygens (including phenoxy) is 1. The third-order valence-electron chi connectivity index (χ3n) is 3.80. The van der Waals surface area contributed by atoms with E-state index in [9.17, 15) is 4.39 Å². The van der Waals surface area contributed by atoms with Crippen LogP contribution in [0.15, 0.2) is 24.3 Å². The Hall–Kier alpha value is -1.99. The minimum absolute atomic E-state index is 0.241. The highest BCUT2D eigenvalue weighted by Gasteiger charge is 2.13. The number of hydrogen-bond donors (Lipinski definition) is 2. The van der Waals surface area contributed by atoms with Gasteiger partial charge in [-0.15, -0.1) is 0 Å². The fourth-order valence-corrected chi connectivity index (χ4v) is 2.72. The molecule has 0 aliphatic carbocycles. The quantitative estimate of drug-likeness (QED) is 0.555. The van der Waals surface area contributed by atoms with E-state index < -0.39 is 0 Å². The molecule has 2 aromatic rings. The van der Waals surface area contributed by atoms with Gasteiger partial charge >= 0.3 is 0 Å². The van der Waals surface area contributed by atoms with E-state index in [1.807, 2.05) is 31.5 Å². The molecular formula is C18H25FN4OS. The van der Waals surface area contributed by atoms with E-state index in [-0.39, 0.29) is 5.82 Å². The lowest BCUT2D eigenvalue weighted by Crippen LogP contribution is -2.30. The van der Waals surface area contributed by atoms with Crippen LogP contribution in [0.1, 0.15) is 30.3 Å². The molecule has 0 spiro atoms. The normalized spacial score (nSPS) is 10.7. The van der Waals surface area contributed by atoms with Gasteiger partial charge in [0.2, 0.25) is 0 Å². The molecule has 1 aromatic heterocycles. The Balaban J connectivity index is 1.95. The van der Waals surface area contributed by atoms with Crippen molar-refractivity contribution < 1.29 is 9.13 Å². The van der Waals surface area contributed by atoms with E-state index >= 15 is 0 Å². The van der Waals surface area contributed by atoms with E-state index in [1.54, 1.807) is 6.07 Å². The van der Waals surface area contributed by atoms with Crippen LogP contribution < -0.4 is 10.6 Å². The summed E-state index contributed by atoms with van der Waals surface area (Å²) in [5, 5.41) is 11.5. The van der Waals surface area contributed by atoms with Crippen molar-refractivity contribution in [1.29, 1.82) is 0 Å². The number of nitrogens with one attached hydrogen (secondary N) is 2. The molecule has 0 aliphatic heterocycles. The van der Waals surface area contributed by atoms with Crippen LogP contribution in [0.2, 0.25) is 0 Å². The topological polar surface area (TPSA) is 51.1 Å². The number of rotatable bonds is 8. The van der Waals surface area contributed by atoms with Crippen molar-refractivity contribution in [2.45, 2.75) is 33.7 Å². The molecule has 0 unspecified atom stereocenters. The highest BCUT2D eigenvalue weighted by molar-refractivity contribution is 7.80. The van der Waals surface area contributed by atoms with Gasteiger partial charge in [0.05, 0.1) is 23.6 Å². The second kappa shape index (κ2) is 9.48. The van der Waals surface area contributed by atoms with Crippen molar-refractivity contribution in [2.24, 2.45) is 0 Å². The maximum absolute atomic E-state index is 13.3. The number of aromatic nitrogens is 2. The van der Waals surface area contributed by atoms with Crippen LogP contribution in [0.3, 0.4) is 0 Å². The van der Waals surface area contributed by atoms with Gasteiger partial charge in [-0.1, -0.05) is 12.1 Å². The maximum Gasteiger partial charge on any atom is 0.170 e. The second-order valence-electron chi connectivity index (χ2n) is 5.76. The smallest absolute Gasteiger partial charge is 0.170 e. The molecule has 0 radical (unpaired) electrons. The summed E-state index contributed by atoms with van der Waals surface area (Å²) in [5.74, 6) is -0.241. The summed E-state index contributed by atoms with van der Waals surface area (Å²) in [7, 11) is 0. The first-order valence-corrected chi connectivity index (χ1v) is 8.83. The summed E-state index contributed by atoms with van der Waals surface area (Å²) >= 11 is 5.34. The van der Waals surface area contributed by atoms with Gasteiger partial charge < -0.3 is 15.4 Å². The first kappa shape index (κ1) is 19.3. The maximum atomic E-state index is 13.3. The minimum atomic E-state index is -0.241. The van der Waals surface area contributed by atoms with Crippen LogP contribution in [0.4, 0.5) is 10.1 Å². The Kier molecular flexibility index (Phi) is 7.33. The highest BCUT2D eigenvalue weighted by atomic mass is 32.1. The molecule has 2 rings (SSSR count). The predicted molar refractivity (Wildman–Crippen MR) is 103 cm³/mol. The van der Waals surface area contributed by atoms with Crippen LogP contribution in [0, 0.1) is 19.7 Å². The Morgan fingerprint density at radius 2 is 2.16 bits per heavy atom. The highest BCUT2D eigenvalue weighted by Crippen LogP contribution is 2.20. The molecule has 0 bridgehead atoms. The van der Waals surface area contributed by atoms with Gasteiger partial charge in [0.25, 0.3) is 0 Å². The SMILES string of the molecule is CCOCCCNC(=S)Nc1c(C)nn(Cc2cccc(F)c2)c1C. The third kappa shape index (κ3) is 5.79. The van der Waals surface area contributed by atoms with Crippen molar-refractivity contribution in [1.82, 2.24) is 15.1 Å². The van der Waals surface area contributed by atoms with Crippen LogP contribution in [-0.4, -0.2) is 34.7 Å². The molecule has 136 valence electrons. The molecular weight excluding hydrogens is 339 g/mol. The Morgan fingerprint density at radius 3 is 2.88 bits per heavy atom. The number of thiocarbonyl (C=S) groups is 1. The second-order valence-corrected chi connectivity index (χ2v) is 6.17. The molecule has 0 fully saturated rings. The predicted octanol–water partition coefficient (Wildman–Crippen LogP) is 3.40. The van der Waals surface area contributed by atoms with Gasteiger partial charge in [0.15, 0.2) is 5.11 Å². The van der Waals surface area contributed by atoms with Gasteiger partial charge in [-0.25, -0.2) is 4.39 Å². The third-order valence-corrected chi connectivity index (χ3v) is 4.04. The number of halogens is 1. The number of benzene rings is 1. The molecule has 0 amide bonds. The molecule has 0 atom stereocenters. The summed E-state index contributed by atoms with van der Waals surface area (Å²) < 4.78 is 20.5. The van der Waals surface area contributed by atoms with Gasteiger partial charge in [0, 0.05) is 19.8 Å². The fourth-order valence-electron chi connectivity index (χ4n) is 2.52. The first-order chi connectivity index (χ1) is 12.0. The lowest BCUT2D eigenvalue weighted by atomic mass is 10.2. The van der Waals surface area contributed by atoms with Gasteiger partial charge in [-0.2, -0.15) is 5.10 Å². The van der Waals surface area contributed by atoms with E-state index in [0.717, 1.165) is 48.8 Å². The largest absolute Gasteiger partial charge is 0.382 e. The van der Waals surface area contributed by atoms with Crippen molar-refractivity contribution in [3.05, 3.63) is 47.0 Å². The summed E-state index contributed by atoms with van der Waals surface area (Å²) in [6.07, 6.45) is 0.895. The minimum Gasteiger partial charge on any atom is -0.382 e. The van der Waals surface area contributed by atoms with Crippen molar-refractivity contribution in [3.63, 3.8) is 0 Å². The fraction of sp³-hybridized carbons (Fsp3) is 0.444. The van der Waals surface area contributed by atoms with Crippen LogP contribution >= 0.6 is 12.2 Å². The van der Waals surface area contributed by atoms with Gasteiger partial charge in [-0.05, 0) is 57.1 Å². The standard InChI is InChI=1S/C18H25FN4OS/c1-4-24-10-6-9-20-18(25)21-17-13(2)22-23(14(17)3)12-15-7-5-8-16(19)11-15/h5,7-8,11H,4,6,9-10,12H2,1-3H3,(H2,20,21,25). The van der Waals surface area contributed by atoms with E-state index in [1.165, 1.54) is 12.1 Å². The van der Waals surface area contributed by atoms with E-state index in [0.29, 0.717) is 11.7 Å². The van der Waals surface area contributed by atoms with Gasteiger partial charge in [0.1, 0.15) is 5.82 Å². The molecule has 0 saturated heterocycles. The van der Waals surface area contributed by atoms with Crippen molar-refractivity contribution in [2.75, 3.05) is 25.1 Å². The lowest BCUT2D eigenvalue weighted by Gasteiger charge is -2.11. The first-order valence-electron chi connectivity index (χ1n) is 8.42. The average Bonchev–Trinajstić information content (AvgIpc) is 2.82. The zero-order valence-electron chi connectivity index (χ0n) is 14.9. The Bertz CT molecular complexity index is 717. The van der Waals surface area contributed by atoms with Crippen molar-refractivity contribution in [3.8, 4) is 0 Å². The molecule has 1 aromatic carbocycles. The van der Waals surface area contributed by atoms with E-state index in [4.69, 9.17) is 17.0 Å². The monoisotopic (exact) mass is 364 g/mol. The van der Waals surface area contributed by atoms with Crippen molar-refractivity contribution >= 4 is 23.0 Å². The Labute approximate surface area is 153 Å². The van der Waals surface area contributed by atoms with Gasteiger partial charge in [-0.3, -0.25) is 4.68 Å². The summed E-state index contributed by atoms with van der Waals surface area (Å²) in [5.41, 5.74) is 3.57. The number of hydrogen-bond acceptors (Lipinski definition) is 3. The molecule has 5 nitrogen and oxygen atoms in total. The summed E-state index contributed by atoms with van der Waals surface area (Å²) in [6.45, 7) is 8.59. The average molecular weight is 364 g/mol. The zero-order chi connectivity index (χ0) is 18.2. The molecule has 0 saturated carbocycles.